The summed E-state index contributed by atoms with van der Waals surface area (Å²) in [4.78, 5) is 0. The number of hydrogen-bond acceptors (Lipinski definition) is 3. The van der Waals surface area contributed by atoms with Gasteiger partial charge in [-0.2, -0.15) is 0 Å². The Hall–Kier alpha value is -5.28. The van der Waals surface area contributed by atoms with Gasteiger partial charge in [-0.15, -0.1) is 0 Å². The van der Waals surface area contributed by atoms with Crippen LogP contribution in [0.3, 0.4) is 0 Å². The minimum atomic E-state index is -1.37. The van der Waals surface area contributed by atoms with Crippen molar-refractivity contribution in [3.05, 3.63) is 191 Å². The van der Waals surface area contributed by atoms with Gasteiger partial charge in [0.1, 0.15) is 17.2 Å². The van der Waals surface area contributed by atoms with Crippen molar-refractivity contribution >= 4 is 0 Å². The van der Waals surface area contributed by atoms with Gasteiger partial charge in [-0.25, -0.2) is 0 Å². The lowest BCUT2D eigenvalue weighted by atomic mass is 9.35. The Bertz CT molecular complexity index is 3840. The Balaban J connectivity index is 2.35. The normalized spacial score (nSPS) is 13.8. The van der Waals surface area contributed by atoms with E-state index >= 15 is 0 Å². The second kappa shape index (κ2) is 44.0. The first-order valence-electron chi connectivity index (χ1n) is 50.2. The zero-order valence-corrected chi connectivity index (χ0v) is 85.5. The quantitative estimate of drug-likeness (QED) is 0.0264. The van der Waals surface area contributed by atoms with E-state index in [2.05, 4.69) is 319 Å². The Labute approximate surface area is 749 Å². The summed E-state index contributed by atoms with van der Waals surface area (Å²) in [5.41, 5.74) is 14.3. The van der Waals surface area contributed by atoms with Gasteiger partial charge in [0.05, 0.1) is 5.41 Å². The number of unbranched alkanes of at least 4 members (excludes halogenated alkanes) is 30. The van der Waals surface area contributed by atoms with E-state index in [1.807, 2.05) is 0 Å². The van der Waals surface area contributed by atoms with E-state index in [4.69, 9.17) is 0 Å². The van der Waals surface area contributed by atoms with E-state index in [0.29, 0.717) is 17.2 Å². The molecule has 0 spiro atoms. The molecule has 0 radical (unpaired) electrons. The Morgan fingerprint density at radius 3 is 0.645 bits per heavy atom. The molecule has 1 unspecified atom stereocenters. The summed E-state index contributed by atoms with van der Waals surface area (Å²) in [6.45, 7) is 81.0. The molecule has 3 nitrogen and oxygen atoms in total. The molecule has 1 atom stereocenters. The molecule has 6 aromatic carbocycles. The van der Waals surface area contributed by atoms with Crippen LogP contribution in [-0.2, 0) is 59.6 Å². The fourth-order valence-corrected chi connectivity index (χ4v) is 22.0. The molecule has 0 aliphatic carbocycles. The fourth-order valence-electron chi connectivity index (χ4n) is 22.0. The summed E-state index contributed by atoms with van der Waals surface area (Å²) in [5.74, 6) is 0.612. The number of aryl methyl sites for hydroxylation is 3. The maximum atomic E-state index is 13.6. The molecule has 0 aliphatic heterocycles. The van der Waals surface area contributed by atoms with Crippen LogP contribution < -0.4 is 0 Å². The molecule has 0 bridgehead atoms. The van der Waals surface area contributed by atoms with E-state index in [-0.39, 0.29) is 0 Å². The van der Waals surface area contributed by atoms with Crippen LogP contribution in [0.4, 0.5) is 0 Å². The Kier molecular flexibility index (Phi) is 38.0. The second-order valence-corrected chi connectivity index (χ2v) is 48.2. The summed E-state index contributed by atoms with van der Waals surface area (Å²) in [7, 11) is 0. The smallest absolute Gasteiger partial charge is 0.119 e. The highest BCUT2D eigenvalue weighted by atomic mass is 16.3. The molecule has 0 amide bonds. The molecule has 3 heteroatoms. The highest BCUT2D eigenvalue weighted by Gasteiger charge is 2.70. The average molecular weight is 1660 g/mol. The van der Waals surface area contributed by atoms with E-state index in [1.165, 1.54) is 240 Å². The van der Waals surface area contributed by atoms with Crippen molar-refractivity contribution in [3.63, 3.8) is 0 Å². The molecule has 6 aromatic rings. The average Bonchev–Trinajstić information content (AvgIpc) is 0.644. The van der Waals surface area contributed by atoms with Gasteiger partial charge >= 0.3 is 0 Å². The van der Waals surface area contributed by atoms with Gasteiger partial charge in [0.25, 0.3) is 0 Å². The topological polar surface area (TPSA) is 60.7 Å². The first-order chi connectivity index (χ1) is 56.2. The predicted molar refractivity (Wildman–Crippen MR) is 535 cm³/mol. The Morgan fingerprint density at radius 1 is 0.223 bits per heavy atom. The van der Waals surface area contributed by atoms with Crippen molar-refractivity contribution in [2.75, 3.05) is 0 Å². The molecule has 0 saturated heterocycles. The van der Waals surface area contributed by atoms with Crippen LogP contribution in [0.25, 0.3) is 0 Å². The SMILES string of the molecule is CCCCCCCCCCCCCC(CCCCCCCCCCCCC)(CCCCCCCCCCCCC)C(c1cc(C(C)(C)C)c(O)cc1C)C(c1c(C(C)(C)C)cccc1C(C)(C)C)(c1c(C(C)(C)C)cccc1C(C)(C)C)C(c1cc(C(C)(C)C)c(O)cc1C)(c1cc(C(C)(C)C)c(O)cc1C)c1c(C(C)(C)C)cccc1C(C)(C)C. The third kappa shape index (κ3) is 26.2. The summed E-state index contributed by atoms with van der Waals surface area (Å²) in [5, 5.41) is 40.8. The molecule has 0 aliphatic rings. The van der Waals surface area contributed by atoms with E-state index < -0.39 is 70.9 Å². The number of aromatic hydroxyl groups is 3. The van der Waals surface area contributed by atoms with Gasteiger partial charge < -0.3 is 15.3 Å². The molecular weight excluding hydrogens is 1470 g/mol. The molecule has 680 valence electrons. The molecule has 0 saturated carbocycles. The van der Waals surface area contributed by atoms with Crippen LogP contribution >= 0.6 is 0 Å². The number of rotatable bonds is 45. The largest absolute Gasteiger partial charge is 0.508 e. The third-order valence-corrected chi connectivity index (χ3v) is 28.3. The molecular formula is C118H190O3. The zero-order chi connectivity index (χ0) is 90.8. The molecule has 3 N–H and O–H groups in total. The lowest BCUT2D eigenvalue weighted by Gasteiger charge is -2.66. The third-order valence-electron chi connectivity index (χ3n) is 28.3. The first-order valence-corrected chi connectivity index (χ1v) is 50.2. The fraction of sp³-hybridized carbons (Fsp3) is 0.695. The minimum Gasteiger partial charge on any atom is -0.508 e. The van der Waals surface area contributed by atoms with Gasteiger partial charge in [-0.05, 0) is 213 Å². The van der Waals surface area contributed by atoms with Crippen molar-refractivity contribution < 1.29 is 15.3 Å². The monoisotopic (exact) mass is 1660 g/mol. The van der Waals surface area contributed by atoms with Crippen LogP contribution in [0, 0.1) is 26.2 Å². The molecule has 0 heterocycles. The number of phenols is 3. The molecule has 6 rings (SSSR count). The predicted octanol–water partition coefficient (Wildman–Crippen LogP) is 36.6. The van der Waals surface area contributed by atoms with Crippen LogP contribution in [0.1, 0.15) is 545 Å². The van der Waals surface area contributed by atoms with Crippen molar-refractivity contribution in [1.29, 1.82) is 0 Å². The van der Waals surface area contributed by atoms with Crippen LogP contribution in [-0.4, -0.2) is 15.3 Å². The van der Waals surface area contributed by atoms with Crippen molar-refractivity contribution in [2.45, 2.75) is 525 Å². The highest BCUT2D eigenvalue weighted by Crippen LogP contribution is 2.75. The van der Waals surface area contributed by atoms with Crippen LogP contribution in [0.15, 0.2) is 91.0 Å². The van der Waals surface area contributed by atoms with Crippen molar-refractivity contribution in [3.8, 4) is 17.2 Å². The van der Waals surface area contributed by atoms with Crippen molar-refractivity contribution in [1.82, 2.24) is 0 Å². The molecule has 0 fully saturated rings. The van der Waals surface area contributed by atoms with Crippen LogP contribution in [0.5, 0.6) is 17.2 Å². The van der Waals surface area contributed by atoms with Gasteiger partial charge in [-0.3, -0.25) is 0 Å². The standard InChI is InChI=1S/C118H190O3/c1-34-37-40-43-46-49-52-55-58-61-64-76-116(77-65-62-59-56-53-50-47-44-41-38-35-2,78-66-63-60-57-54-51-48-45-42-39-36-3)106(88-82-97(113(25,26)27)100(119)79-85(88)4)118(104-91(109(13,14)15)72-68-73-92(104)110(16,17)18,105-93(111(19,20)21)74-69-75-94(105)112(22,23)24)117(95-83-98(114(28,29)30)101(120)80-86(95)5,96-84-99(115(31,32)33)102(121)81-87(96)6)103-89(107(7,8)9)70-67-71-90(103)108(10,11)12/h67-75,79-84,106,119-121H,34-66,76-78H2,1-33H3. The van der Waals surface area contributed by atoms with Gasteiger partial charge in [0.2, 0.25) is 0 Å². The maximum absolute atomic E-state index is 13.6. The van der Waals surface area contributed by atoms with E-state index in [9.17, 15) is 15.3 Å². The molecule has 121 heavy (non-hydrogen) atoms. The minimum absolute atomic E-state index is 0.321. The lowest BCUT2D eigenvalue weighted by molar-refractivity contribution is 0.0774. The summed E-state index contributed by atoms with van der Waals surface area (Å²) in [6, 6.07) is 37.6. The highest BCUT2D eigenvalue weighted by molar-refractivity contribution is 5.77. The van der Waals surface area contributed by atoms with Crippen molar-refractivity contribution in [2.24, 2.45) is 5.41 Å². The summed E-state index contributed by atoms with van der Waals surface area (Å²) < 4.78 is 0. The number of benzene rings is 6. The van der Waals surface area contributed by atoms with E-state index in [1.54, 1.807) is 0 Å². The summed E-state index contributed by atoms with van der Waals surface area (Å²) in [6.07, 6.45) is 45.0. The maximum Gasteiger partial charge on any atom is 0.119 e. The molecule has 0 aromatic heterocycles. The Morgan fingerprint density at radius 2 is 0.421 bits per heavy atom. The number of hydrogen-bond donors (Lipinski definition) is 3. The van der Waals surface area contributed by atoms with Crippen LogP contribution in [0.2, 0.25) is 0 Å². The summed E-state index contributed by atoms with van der Waals surface area (Å²) >= 11 is 0. The zero-order valence-electron chi connectivity index (χ0n) is 85.5. The van der Waals surface area contributed by atoms with Gasteiger partial charge in [0, 0.05) is 11.3 Å². The lowest BCUT2D eigenvalue weighted by Crippen LogP contribution is -2.63. The second-order valence-electron chi connectivity index (χ2n) is 48.2. The van der Waals surface area contributed by atoms with Gasteiger partial charge in [-0.1, -0.05) is 492 Å². The van der Waals surface area contributed by atoms with Gasteiger partial charge in [0.15, 0.2) is 0 Å². The first kappa shape index (κ1) is 105. The number of phenolic OH excluding ortho intramolecular Hbond substituents is 3. The van der Waals surface area contributed by atoms with E-state index in [0.717, 1.165) is 91.2 Å².